The number of phenols is 1. The Labute approximate surface area is 128 Å². The zero-order valence-electron chi connectivity index (χ0n) is 12.1. The van der Waals surface area contributed by atoms with Gasteiger partial charge in [0.15, 0.2) is 16.4 Å². The number of amides is 1. The van der Waals surface area contributed by atoms with E-state index in [1.54, 1.807) is 0 Å². The van der Waals surface area contributed by atoms with Gasteiger partial charge in [-0.2, -0.15) is 0 Å². The van der Waals surface area contributed by atoms with E-state index in [1.807, 2.05) is 0 Å². The first-order chi connectivity index (χ1) is 10.3. The summed E-state index contributed by atoms with van der Waals surface area (Å²) in [6.07, 6.45) is 0.399. The molecule has 1 saturated heterocycles. The molecule has 1 fully saturated rings. The van der Waals surface area contributed by atoms with Crippen LogP contribution in [-0.4, -0.2) is 61.5 Å². The number of ether oxygens (including phenoxy) is 1. The van der Waals surface area contributed by atoms with Crippen molar-refractivity contribution in [1.82, 2.24) is 4.90 Å². The topological polar surface area (TPSA) is 101 Å². The Morgan fingerprint density at radius 1 is 1.32 bits per heavy atom. The summed E-state index contributed by atoms with van der Waals surface area (Å²) in [6, 6.07) is 5.08. The van der Waals surface area contributed by atoms with Crippen LogP contribution in [0.3, 0.4) is 0 Å². The molecule has 1 aliphatic rings. The highest BCUT2D eigenvalue weighted by Crippen LogP contribution is 2.17. The van der Waals surface area contributed by atoms with Crippen molar-refractivity contribution in [3.8, 4) is 5.75 Å². The van der Waals surface area contributed by atoms with Crippen LogP contribution >= 0.6 is 0 Å². The van der Waals surface area contributed by atoms with Crippen LogP contribution in [-0.2, 0) is 19.4 Å². The second kappa shape index (κ2) is 6.35. The van der Waals surface area contributed by atoms with E-state index in [4.69, 9.17) is 9.84 Å². The molecule has 7 nitrogen and oxygen atoms in total. The molecule has 120 valence electrons. The second-order valence-corrected chi connectivity index (χ2v) is 7.41. The summed E-state index contributed by atoms with van der Waals surface area (Å²) < 4.78 is 27.7. The number of esters is 1. The molecule has 1 atom stereocenters. The van der Waals surface area contributed by atoms with Crippen molar-refractivity contribution in [2.24, 2.45) is 0 Å². The van der Waals surface area contributed by atoms with Crippen molar-refractivity contribution >= 4 is 21.7 Å². The third-order valence-corrected chi connectivity index (χ3v) is 5.33. The molecule has 1 aliphatic heterocycles. The fourth-order valence-corrected chi connectivity index (χ4v) is 3.97. The van der Waals surface area contributed by atoms with Crippen LogP contribution in [0.4, 0.5) is 0 Å². The van der Waals surface area contributed by atoms with Crippen molar-refractivity contribution < 1.29 is 27.9 Å². The van der Waals surface area contributed by atoms with Crippen molar-refractivity contribution in [1.29, 1.82) is 0 Å². The molecule has 0 radical (unpaired) electrons. The maximum Gasteiger partial charge on any atom is 0.338 e. The Balaban J connectivity index is 1.87. The van der Waals surface area contributed by atoms with Gasteiger partial charge in [0.05, 0.1) is 17.1 Å². The van der Waals surface area contributed by atoms with Gasteiger partial charge >= 0.3 is 5.97 Å². The van der Waals surface area contributed by atoms with Crippen LogP contribution < -0.4 is 0 Å². The zero-order valence-corrected chi connectivity index (χ0v) is 12.9. The summed E-state index contributed by atoms with van der Waals surface area (Å²) in [4.78, 5) is 25.0. The number of hydrogen-bond acceptors (Lipinski definition) is 6. The molecule has 1 aromatic carbocycles. The van der Waals surface area contributed by atoms with Crippen LogP contribution in [0, 0.1) is 0 Å². The van der Waals surface area contributed by atoms with Gasteiger partial charge in [0, 0.05) is 13.1 Å². The van der Waals surface area contributed by atoms with E-state index >= 15 is 0 Å². The number of aromatic hydroxyl groups is 1. The summed E-state index contributed by atoms with van der Waals surface area (Å²) >= 11 is 0. The number of phenolic OH excluding ortho intramolecular Hbond substituents is 1. The summed E-state index contributed by atoms with van der Waals surface area (Å²) in [7, 11) is -1.58. The number of hydrogen-bond donors (Lipinski definition) is 1. The molecule has 22 heavy (non-hydrogen) atoms. The van der Waals surface area contributed by atoms with Gasteiger partial charge < -0.3 is 14.7 Å². The number of rotatable bonds is 4. The Morgan fingerprint density at radius 2 is 1.95 bits per heavy atom. The highest BCUT2D eigenvalue weighted by molar-refractivity contribution is 7.91. The molecule has 0 unspecified atom stereocenters. The lowest BCUT2D eigenvalue weighted by Gasteiger charge is -2.23. The number of benzene rings is 1. The first kappa shape index (κ1) is 16.3. The lowest BCUT2D eigenvalue weighted by molar-refractivity contribution is -0.134. The van der Waals surface area contributed by atoms with Gasteiger partial charge in [-0.25, -0.2) is 13.2 Å². The van der Waals surface area contributed by atoms with E-state index < -0.39 is 28.3 Å². The standard InChI is InChI=1S/C14H17NO6S/c1-15(11-6-7-22(19,20)9-11)13(17)8-21-14(18)10-2-4-12(16)5-3-10/h2-5,11,16H,6-9H2,1H3/t11-/m0/s1. The first-order valence-corrected chi connectivity index (χ1v) is 8.53. The molecule has 0 aromatic heterocycles. The van der Waals surface area contributed by atoms with Crippen molar-refractivity contribution in [3.05, 3.63) is 29.8 Å². The molecule has 1 aromatic rings. The number of carbonyl (C=O) groups excluding carboxylic acids is 2. The van der Waals surface area contributed by atoms with Crippen LogP contribution in [0.25, 0.3) is 0 Å². The van der Waals surface area contributed by atoms with Crippen molar-refractivity contribution in [3.63, 3.8) is 0 Å². The lowest BCUT2D eigenvalue weighted by atomic mass is 10.2. The van der Waals surface area contributed by atoms with Gasteiger partial charge in [-0.1, -0.05) is 0 Å². The summed E-state index contributed by atoms with van der Waals surface area (Å²) in [6.45, 7) is -0.452. The van der Waals surface area contributed by atoms with E-state index in [2.05, 4.69) is 0 Å². The average molecular weight is 327 g/mol. The first-order valence-electron chi connectivity index (χ1n) is 6.71. The summed E-state index contributed by atoms with van der Waals surface area (Å²) in [5, 5.41) is 9.13. The molecule has 0 aliphatic carbocycles. The Bertz CT molecular complexity index is 667. The van der Waals surface area contributed by atoms with E-state index in [0.29, 0.717) is 6.42 Å². The minimum Gasteiger partial charge on any atom is -0.508 e. The monoisotopic (exact) mass is 327 g/mol. The van der Waals surface area contributed by atoms with E-state index in [-0.39, 0.29) is 28.9 Å². The van der Waals surface area contributed by atoms with Gasteiger partial charge in [0.2, 0.25) is 0 Å². The predicted octanol–water partition coefficient (Wildman–Crippen LogP) is 0.195. The fraction of sp³-hybridized carbons (Fsp3) is 0.429. The number of likely N-dealkylation sites (N-methyl/N-ethyl adjacent to an activating group) is 1. The number of carbonyl (C=O) groups is 2. The van der Waals surface area contributed by atoms with Crippen molar-refractivity contribution in [2.75, 3.05) is 25.2 Å². The molecule has 0 saturated carbocycles. The molecule has 8 heteroatoms. The van der Waals surface area contributed by atoms with Gasteiger partial charge in [0.25, 0.3) is 5.91 Å². The van der Waals surface area contributed by atoms with Gasteiger partial charge in [-0.05, 0) is 30.7 Å². The predicted molar refractivity (Wildman–Crippen MR) is 78.2 cm³/mol. The van der Waals surface area contributed by atoms with Crippen LogP contribution in [0.1, 0.15) is 16.8 Å². The minimum absolute atomic E-state index is 0.0230. The number of nitrogens with zero attached hydrogens (tertiary/aromatic N) is 1. The van der Waals surface area contributed by atoms with Crippen LogP contribution in [0.2, 0.25) is 0 Å². The highest BCUT2D eigenvalue weighted by atomic mass is 32.2. The highest BCUT2D eigenvalue weighted by Gasteiger charge is 2.32. The molecule has 0 spiro atoms. The normalized spacial score (nSPS) is 19.6. The van der Waals surface area contributed by atoms with Crippen molar-refractivity contribution in [2.45, 2.75) is 12.5 Å². The molecule has 1 amide bonds. The Kier molecular flexibility index (Phi) is 4.70. The van der Waals surface area contributed by atoms with E-state index in [1.165, 1.54) is 36.2 Å². The smallest absolute Gasteiger partial charge is 0.338 e. The average Bonchev–Trinajstić information content (AvgIpc) is 2.84. The maximum atomic E-state index is 11.9. The Hall–Kier alpha value is -2.09. The van der Waals surface area contributed by atoms with Crippen LogP contribution in [0.5, 0.6) is 5.75 Å². The van der Waals surface area contributed by atoms with Gasteiger partial charge in [-0.3, -0.25) is 4.79 Å². The fourth-order valence-electron chi connectivity index (χ4n) is 2.19. The van der Waals surface area contributed by atoms with Gasteiger partial charge in [0.1, 0.15) is 5.75 Å². The maximum absolute atomic E-state index is 11.9. The quantitative estimate of drug-likeness (QED) is 0.793. The molecule has 1 N–H and O–H groups in total. The summed E-state index contributed by atoms with van der Waals surface area (Å²) in [5.74, 6) is -1.09. The van der Waals surface area contributed by atoms with E-state index in [0.717, 1.165) is 0 Å². The zero-order chi connectivity index (χ0) is 16.3. The largest absolute Gasteiger partial charge is 0.508 e. The third-order valence-electron chi connectivity index (χ3n) is 3.58. The third kappa shape index (κ3) is 3.97. The molecule has 2 rings (SSSR count). The molecular formula is C14H17NO6S. The number of sulfone groups is 1. The minimum atomic E-state index is -3.08. The van der Waals surface area contributed by atoms with Crippen LogP contribution in [0.15, 0.2) is 24.3 Å². The SMILES string of the molecule is CN(C(=O)COC(=O)c1ccc(O)cc1)[C@H]1CCS(=O)(=O)C1. The second-order valence-electron chi connectivity index (χ2n) is 5.18. The summed E-state index contributed by atoms with van der Waals surface area (Å²) in [5.41, 5.74) is 0.219. The Morgan fingerprint density at radius 3 is 2.50 bits per heavy atom. The molecule has 0 bridgehead atoms. The molecule has 1 heterocycles. The van der Waals surface area contributed by atoms with E-state index in [9.17, 15) is 18.0 Å². The lowest BCUT2D eigenvalue weighted by Crippen LogP contribution is -2.40. The molecular weight excluding hydrogens is 310 g/mol. The van der Waals surface area contributed by atoms with Gasteiger partial charge in [-0.15, -0.1) is 0 Å².